The van der Waals surface area contributed by atoms with Gasteiger partial charge < -0.3 is 19.1 Å². The number of halogens is 2. The standard InChI is InChI=1S/C32H41Cl2N3O4/c1-2-3-4-5-6-12-31(38)41-24-40-30-16-14-25-13-15-26(23-28(25)35-30)39-22-8-7-17-36-18-20-37(21-19-36)29-11-9-10-27(33)32(29)34/h9-11,13-16,23H,2-8,12,17-22,24H2,1H3. The number of benzene rings is 2. The van der Waals surface area contributed by atoms with Crippen LogP contribution >= 0.6 is 23.2 Å². The highest BCUT2D eigenvalue weighted by molar-refractivity contribution is 6.43. The molecule has 1 aromatic heterocycles. The van der Waals surface area contributed by atoms with Gasteiger partial charge in [0, 0.05) is 50.1 Å². The quantitative estimate of drug-likeness (QED) is 0.0943. The van der Waals surface area contributed by atoms with Crippen LogP contribution in [0.4, 0.5) is 5.69 Å². The van der Waals surface area contributed by atoms with Crippen LogP contribution in [0.25, 0.3) is 10.9 Å². The van der Waals surface area contributed by atoms with Gasteiger partial charge in [-0.1, -0.05) is 61.9 Å². The van der Waals surface area contributed by atoms with Crippen molar-refractivity contribution in [2.75, 3.05) is 51.0 Å². The Hall–Kier alpha value is -2.74. The Bertz CT molecular complexity index is 1250. The van der Waals surface area contributed by atoms with Gasteiger partial charge >= 0.3 is 5.97 Å². The lowest BCUT2D eigenvalue weighted by Gasteiger charge is -2.36. The number of ether oxygens (including phenoxy) is 3. The van der Waals surface area contributed by atoms with Crippen molar-refractivity contribution in [1.82, 2.24) is 9.88 Å². The largest absolute Gasteiger partial charge is 0.494 e. The minimum absolute atomic E-state index is 0.133. The van der Waals surface area contributed by atoms with E-state index in [4.69, 9.17) is 37.4 Å². The van der Waals surface area contributed by atoms with Crippen LogP contribution in [0.15, 0.2) is 48.5 Å². The number of hydrogen-bond donors (Lipinski definition) is 0. The van der Waals surface area contributed by atoms with E-state index in [1.54, 1.807) is 6.07 Å². The number of esters is 1. The molecular formula is C32H41Cl2N3O4. The molecule has 0 saturated carbocycles. The number of unbranched alkanes of at least 4 members (excludes halogenated alkanes) is 5. The van der Waals surface area contributed by atoms with Gasteiger partial charge in [-0.05, 0) is 56.1 Å². The van der Waals surface area contributed by atoms with E-state index in [9.17, 15) is 4.79 Å². The maximum absolute atomic E-state index is 11.9. The Morgan fingerprint density at radius 3 is 2.54 bits per heavy atom. The summed E-state index contributed by atoms with van der Waals surface area (Å²) < 4.78 is 16.8. The predicted octanol–water partition coefficient (Wildman–Crippen LogP) is 7.76. The molecule has 2 heterocycles. The van der Waals surface area contributed by atoms with Crippen molar-refractivity contribution in [3.8, 4) is 11.6 Å². The van der Waals surface area contributed by atoms with Crippen molar-refractivity contribution >= 4 is 45.8 Å². The number of rotatable bonds is 16. The molecule has 0 N–H and O–H groups in total. The highest BCUT2D eigenvalue weighted by Gasteiger charge is 2.19. The van der Waals surface area contributed by atoms with Crippen LogP contribution < -0.4 is 14.4 Å². The van der Waals surface area contributed by atoms with Gasteiger partial charge in [-0.2, -0.15) is 0 Å². The topological polar surface area (TPSA) is 64.1 Å². The van der Waals surface area contributed by atoms with E-state index in [0.29, 0.717) is 29.0 Å². The number of piperazine rings is 1. The van der Waals surface area contributed by atoms with Crippen LogP contribution in [0.5, 0.6) is 11.6 Å². The SMILES string of the molecule is CCCCCCCC(=O)OCOc1ccc2ccc(OCCCCN3CCN(c4cccc(Cl)c4Cl)CC3)cc2n1. The van der Waals surface area contributed by atoms with Crippen molar-refractivity contribution in [2.24, 2.45) is 0 Å². The summed E-state index contributed by atoms with van der Waals surface area (Å²) in [6.07, 6.45) is 7.93. The summed E-state index contributed by atoms with van der Waals surface area (Å²) in [7, 11) is 0. The van der Waals surface area contributed by atoms with Crippen molar-refractivity contribution < 1.29 is 19.0 Å². The zero-order valence-electron chi connectivity index (χ0n) is 24.0. The Morgan fingerprint density at radius 2 is 1.71 bits per heavy atom. The molecule has 2 aromatic carbocycles. The highest BCUT2D eigenvalue weighted by atomic mass is 35.5. The van der Waals surface area contributed by atoms with E-state index >= 15 is 0 Å². The number of hydrogen-bond acceptors (Lipinski definition) is 7. The molecule has 1 aliphatic heterocycles. The summed E-state index contributed by atoms with van der Waals surface area (Å²) in [5.74, 6) is 0.967. The Labute approximate surface area is 253 Å². The fourth-order valence-corrected chi connectivity index (χ4v) is 5.34. The van der Waals surface area contributed by atoms with Crippen LogP contribution in [-0.4, -0.2) is 62.0 Å². The summed E-state index contributed by atoms with van der Waals surface area (Å²) in [6, 6.07) is 15.4. The summed E-state index contributed by atoms with van der Waals surface area (Å²) in [4.78, 5) is 21.2. The molecule has 0 radical (unpaired) electrons. The van der Waals surface area contributed by atoms with Crippen molar-refractivity contribution in [2.45, 2.75) is 58.3 Å². The van der Waals surface area contributed by atoms with Gasteiger partial charge in [0.15, 0.2) is 0 Å². The molecule has 0 amide bonds. The molecule has 4 rings (SSSR count). The fourth-order valence-electron chi connectivity index (χ4n) is 4.93. The maximum Gasteiger partial charge on any atom is 0.308 e. The molecule has 41 heavy (non-hydrogen) atoms. The van der Waals surface area contributed by atoms with E-state index < -0.39 is 0 Å². The van der Waals surface area contributed by atoms with E-state index in [0.717, 1.165) is 87.2 Å². The Morgan fingerprint density at radius 1 is 0.902 bits per heavy atom. The zero-order valence-corrected chi connectivity index (χ0v) is 25.5. The van der Waals surface area contributed by atoms with Crippen LogP contribution in [0.3, 0.4) is 0 Å². The van der Waals surface area contributed by atoms with Gasteiger partial charge in [-0.3, -0.25) is 9.69 Å². The van der Waals surface area contributed by atoms with E-state index in [1.165, 1.54) is 12.8 Å². The average molecular weight is 603 g/mol. The molecule has 1 aliphatic rings. The van der Waals surface area contributed by atoms with Gasteiger partial charge in [0.05, 0.1) is 27.9 Å². The minimum atomic E-state index is -0.234. The summed E-state index contributed by atoms with van der Waals surface area (Å²) in [5, 5.41) is 2.23. The highest BCUT2D eigenvalue weighted by Crippen LogP contribution is 2.33. The molecule has 7 nitrogen and oxygen atoms in total. The zero-order chi connectivity index (χ0) is 28.9. The molecule has 0 aliphatic carbocycles. The lowest BCUT2D eigenvalue weighted by Crippen LogP contribution is -2.46. The van der Waals surface area contributed by atoms with Crippen LogP contribution in [0.2, 0.25) is 10.0 Å². The van der Waals surface area contributed by atoms with Crippen molar-refractivity contribution in [3.63, 3.8) is 0 Å². The Balaban J connectivity index is 1.12. The third-order valence-corrected chi connectivity index (χ3v) is 8.14. The molecule has 1 fully saturated rings. The lowest BCUT2D eigenvalue weighted by atomic mass is 10.1. The normalized spacial score (nSPS) is 13.9. The first-order valence-electron chi connectivity index (χ1n) is 14.8. The van der Waals surface area contributed by atoms with Crippen molar-refractivity contribution in [1.29, 1.82) is 0 Å². The molecule has 1 saturated heterocycles. The van der Waals surface area contributed by atoms with Crippen LogP contribution in [0.1, 0.15) is 58.3 Å². The van der Waals surface area contributed by atoms with Crippen LogP contribution in [0, 0.1) is 0 Å². The first kappa shape index (κ1) is 31.2. The molecule has 222 valence electrons. The first-order valence-corrected chi connectivity index (χ1v) is 15.5. The third kappa shape index (κ3) is 9.94. The number of nitrogens with zero attached hydrogens (tertiary/aromatic N) is 3. The number of pyridine rings is 1. The van der Waals surface area contributed by atoms with Crippen molar-refractivity contribution in [3.05, 3.63) is 58.6 Å². The molecule has 0 bridgehead atoms. The fraction of sp³-hybridized carbons (Fsp3) is 0.500. The predicted molar refractivity (Wildman–Crippen MR) is 167 cm³/mol. The smallest absolute Gasteiger partial charge is 0.308 e. The Kier molecular flexibility index (Phi) is 12.7. The molecule has 0 atom stereocenters. The number of fused-ring (bicyclic) bond motifs is 1. The van der Waals surface area contributed by atoms with E-state index in [-0.39, 0.29) is 12.8 Å². The van der Waals surface area contributed by atoms with E-state index in [1.807, 2.05) is 42.5 Å². The average Bonchev–Trinajstić information content (AvgIpc) is 2.98. The van der Waals surface area contributed by atoms with Gasteiger partial charge in [0.2, 0.25) is 12.7 Å². The first-order chi connectivity index (χ1) is 20.0. The number of carbonyl (C=O) groups excluding carboxylic acids is 1. The molecular weight excluding hydrogens is 561 g/mol. The second-order valence-electron chi connectivity index (χ2n) is 10.4. The van der Waals surface area contributed by atoms with Gasteiger partial charge in [-0.15, -0.1) is 0 Å². The molecule has 0 spiro atoms. The summed E-state index contributed by atoms with van der Waals surface area (Å²) in [6.45, 7) is 7.62. The molecule has 0 unspecified atom stereocenters. The van der Waals surface area contributed by atoms with Gasteiger partial charge in [0.1, 0.15) is 5.75 Å². The maximum atomic E-state index is 11.9. The third-order valence-electron chi connectivity index (χ3n) is 7.33. The second-order valence-corrected chi connectivity index (χ2v) is 11.2. The van der Waals surface area contributed by atoms with Gasteiger partial charge in [0.25, 0.3) is 0 Å². The molecule has 3 aromatic rings. The minimum Gasteiger partial charge on any atom is -0.494 e. The number of anilines is 1. The second kappa shape index (κ2) is 16.6. The summed E-state index contributed by atoms with van der Waals surface area (Å²) >= 11 is 12.6. The van der Waals surface area contributed by atoms with Crippen LogP contribution in [-0.2, 0) is 9.53 Å². The number of carbonyl (C=O) groups is 1. The lowest BCUT2D eigenvalue weighted by molar-refractivity contribution is -0.150. The molecule has 9 heteroatoms. The van der Waals surface area contributed by atoms with Gasteiger partial charge in [-0.25, -0.2) is 4.98 Å². The monoisotopic (exact) mass is 601 g/mol. The van der Waals surface area contributed by atoms with E-state index in [2.05, 4.69) is 21.7 Å². The summed E-state index contributed by atoms with van der Waals surface area (Å²) in [5.41, 5.74) is 1.79. The number of aromatic nitrogens is 1.